The largest absolute Gasteiger partial charge is 0.492 e. The number of likely N-dealkylation sites (N-methyl/N-ethyl adjacent to an activating group) is 1. The van der Waals surface area contributed by atoms with Gasteiger partial charge in [-0.1, -0.05) is 18.2 Å². The van der Waals surface area contributed by atoms with Gasteiger partial charge >= 0.3 is 0 Å². The molecular formula is C21H24N2O4S. The molecule has 1 aliphatic rings. The zero-order chi connectivity index (χ0) is 20.1. The minimum Gasteiger partial charge on any atom is -0.492 e. The van der Waals surface area contributed by atoms with Gasteiger partial charge in [-0.2, -0.15) is 0 Å². The summed E-state index contributed by atoms with van der Waals surface area (Å²) in [5, 5.41) is 11.5. The molecule has 0 spiro atoms. The predicted molar refractivity (Wildman–Crippen MR) is 108 cm³/mol. The Kier molecular flexibility index (Phi) is 4.49. The summed E-state index contributed by atoms with van der Waals surface area (Å²) >= 11 is 0. The highest BCUT2D eigenvalue weighted by Crippen LogP contribution is 2.37. The van der Waals surface area contributed by atoms with Crippen LogP contribution >= 0.6 is 0 Å². The molecule has 0 bridgehead atoms. The summed E-state index contributed by atoms with van der Waals surface area (Å²) in [4.78, 5) is 2.32. The van der Waals surface area contributed by atoms with E-state index >= 15 is 0 Å². The minimum absolute atomic E-state index is 0.182. The Hall–Kier alpha value is -2.35. The number of benzene rings is 2. The maximum Gasteiger partial charge on any atom is 0.268 e. The average Bonchev–Trinajstić information content (AvgIpc) is 2.95. The second-order valence-electron chi connectivity index (χ2n) is 7.73. The summed E-state index contributed by atoms with van der Waals surface area (Å²) in [5.41, 5.74) is 0.459. The van der Waals surface area contributed by atoms with Crippen molar-refractivity contribution >= 4 is 20.9 Å². The first-order chi connectivity index (χ1) is 13.2. The van der Waals surface area contributed by atoms with Gasteiger partial charge in [0.1, 0.15) is 18.0 Å². The van der Waals surface area contributed by atoms with Gasteiger partial charge in [-0.05, 0) is 51.2 Å². The summed E-state index contributed by atoms with van der Waals surface area (Å²) in [7, 11) is -1.88. The van der Waals surface area contributed by atoms with Gasteiger partial charge in [0.25, 0.3) is 10.0 Å². The normalized spacial score (nSPS) is 15.9. The lowest BCUT2D eigenvalue weighted by atomic mass is 10.0. The van der Waals surface area contributed by atoms with Crippen LogP contribution in [0.15, 0.2) is 53.4 Å². The van der Waals surface area contributed by atoms with Crippen molar-refractivity contribution in [3.05, 3.63) is 59.8 Å². The Balaban J connectivity index is 2.06. The van der Waals surface area contributed by atoms with Crippen LogP contribution in [-0.2, 0) is 22.2 Å². The van der Waals surface area contributed by atoms with Crippen LogP contribution in [0.3, 0.4) is 0 Å². The third kappa shape index (κ3) is 3.09. The molecule has 148 valence electrons. The summed E-state index contributed by atoms with van der Waals surface area (Å²) in [6, 6.07) is 13.6. The lowest BCUT2D eigenvalue weighted by Crippen LogP contribution is -2.25. The van der Waals surface area contributed by atoms with Gasteiger partial charge < -0.3 is 9.84 Å². The zero-order valence-corrected chi connectivity index (χ0v) is 17.0. The molecule has 0 fully saturated rings. The molecule has 7 heteroatoms. The number of hydrogen-bond donors (Lipinski definition) is 1. The van der Waals surface area contributed by atoms with Crippen LogP contribution in [0, 0.1) is 0 Å². The maximum absolute atomic E-state index is 13.5. The smallest absolute Gasteiger partial charge is 0.268 e. The third-order valence-electron chi connectivity index (χ3n) is 5.08. The second kappa shape index (κ2) is 6.62. The molecule has 28 heavy (non-hydrogen) atoms. The predicted octanol–water partition coefficient (Wildman–Crippen LogP) is 2.93. The zero-order valence-electron chi connectivity index (χ0n) is 16.2. The number of aliphatic hydroxyl groups is 1. The lowest BCUT2D eigenvalue weighted by Gasteiger charge is -2.21. The van der Waals surface area contributed by atoms with Crippen molar-refractivity contribution in [3.63, 3.8) is 0 Å². The highest BCUT2D eigenvalue weighted by atomic mass is 32.2. The van der Waals surface area contributed by atoms with E-state index in [1.54, 1.807) is 56.3 Å². The number of aromatic nitrogens is 1. The molecule has 0 aliphatic carbocycles. The Bertz CT molecular complexity index is 1130. The van der Waals surface area contributed by atoms with E-state index in [1.165, 1.54) is 3.97 Å². The van der Waals surface area contributed by atoms with Crippen LogP contribution in [0.5, 0.6) is 5.75 Å². The topological polar surface area (TPSA) is 71.8 Å². The van der Waals surface area contributed by atoms with Crippen molar-refractivity contribution in [1.29, 1.82) is 0 Å². The molecule has 1 N–H and O–H groups in total. The summed E-state index contributed by atoms with van der Waals surface area (Å²) < 4.78 is 34.1. The number of nitrogens with zero attached hydrogens (tertiary/aromatic N) is 2. The fourth-order valence-electron chi connectivity index (χ4n) is 3.64. The molecule has 0 atom stereocenters. The lowest BCUT2D eigenvalue weighted by molar-refractivity contribution is 0.0733. The SMILES string of the molecule is CN1CCOc2ccc3c(cc(C(C)(C)O)n3S(=O)(=O)c3ccccc3)c2C1. The molecule has 1 aliphatic heterocycles. The number of fused-ring (bicyclic) bond motifs is 3. The third-order valence-corrected chi connectivity index (χ3v) is 6.82. The van der Waals surface area contributed by atoms with Crippen molar-refractivity contribution < 1.29 is 18.3 Å². The fraction of sp³-hybridized carbons (Fsp3) is 0.333. The van der Waals surface area contributed by atoms with Crippen LogP contribution in [0.1, 0.15) is 25.1 Å². The Morgan fingerprint density at radius 3 is 2.50 bits per heavy atom. The number of hydrogen-bond acceptors (Lipinski definition) is 5. The van der Waals surface area contributed by atoms with Gasteiger partial charge in [-0.3, -0.25) is 4.90 Å². The van der Waals surface area contributed by atoms with Gasteiger partial charge in [-0.25, -0.2) is 12.4 Å². The summed E-state index contributed by atoms with van der Waals surface area (Å²) in [6.45, 7) is 5.21. The van der Waals surface area contributed by atoms with E-state index in [0.717, 1.165) is 23.2 Å². The van der Waals surface area contributed by atoms with Crippen LogP contribution in [0.25, 0.3) is 10.9 Å². The van der Waals surface area contributed by atoms with E-state index in [-0.39, 0.29) is 4.90 Å². The maximum atomic E-state index is 13.5. The van der Waals surface area contributed by atoms with Crippen LogP contribution < -0.4 is 4.74 Å². The monoisotopic (exact) mass is 400 g/mol. The van der Waals surface area contributed by atoms with E-state index in [9.17, 15) is 13.5 Å². The minimum atomic E-state index is -3.88. The quantitative estimate of drug-likeness (QED) is 0.732. The second-order valence-corrected chi connectivity index (χ2v) is 9.52. The van der Waals surface area contributed by atoms with Crippen LogP contribution in [0.2, 0.25) is 0 Å². The van der Waals surface area contributed by atoms with E-state index in [4.69, 9.17) is 4.74 Å². The molecule has 2 heterocycles. The van der Waals surface area contributed by atoms with E-state index < -0.39 is 15.6 Å². The van der Waals surface area contributed by atoms with Gasteiger partial charge in [0.15, 0.2) is 0 Å². The van der Waals surface area contributed by atoms with Crippen molar-refractivity contribution in [2.45, 2.75) is 30.9 Å². The van der Waals surface area contributed by atoms with Gasteiger partial charge in [-0.15, -0.1) is 0 Å². The molecule has 0 amide bonds. The number of rotatable bonds is 3. The Labute approximate surface area is 165 Å². The first-order valence-corrected chi connectivity index (χ1v) is 10.7. The first kappa shape index (κ1) is 19.0. The van der Waals surface area contributed by atoms with Crippen LogP contribution in [0.4, 0.5) is 0 Å². The Morgan fingerprint density at radius 1 is 1.11 bits per heavy atom. The molecule has 0 radical (unpaired) electrons. The molecule has 0 unspecified atom stereocenters. The highest BCUT2D eigenvalue weighted by molar-refractivity contribution is 7.90. The molecular weight excluding hydrogens is 376 g/mol. The highest BCUT2D eigenvalue weighted by Gasteiger charge is 2.31. The van der Waals surface area contributed by atoms with Gasteiger partial charge in [0.05, 0.1) is 16.1 Å². The molecule has 0 saturated carbocycles. The molecule has 2 aromatic carbocycles. The molecule has 1 aromatic heterocycles. The van der Waals surface area contributed by atoms with Gasteiger partial charge in [0, 0.05) is 24.0 Å². The molecule has 4 rings (SSSR count). The summed E-state index contributed by atoms with van der Waals surface area (Å²) in [5.74, 6) is 0.758. The van der Waals surface area contributed by atoms with Crippen molar-refractivity contribution in [2.24, 2.45) is 0 Å². The van der Waals surface area contributed by atoms with E-state index in [0.29, 0.717) is 24.4 Å². The van der Waals surface area contributed by atoms with E-state index in [1.807, 2.05) is 13.1 Å². The van der Waals surface area contributed by atoms with Crippen molar-refractivity contribution in [1.82, 2.24) is 8.87 Å². The standard InChI is InChI=1S/C21H24N2O4S/c1-21(2,24)20-13-16-17-14-22(3)11-12-27-19(17)10-9-18(16)23(20)28(25,26)15-7-5-4-6-8-15/h4-10,13,24H,11-12,14H2,1-3H3. The molecule has 0 saturated heterocycles. The molecule has 6 nitrogen and oxygen atoms in total. The van der Waals surface area contributed by atoms with Crippen molar-refractivity contribution in [2.75, 3.05) is 20.2 Å². The van der Waals surface area contributed by atoms with E-state index in [2.05, 4.69) is 4.90 Å². The molecule has 3 aromatic rings. The van der Waals surface area contributed by atoms with Crippen LogP contribution in [-0.4, -0.2) is 42.6 Å². The van der Waals surface area contributed by atoms with Gasteiger partial charge in [0.2, 0.25) is 0 Å². The number of ether oxygens (including phenoxy) is 1. The average molecular weight is 401 g/mol. The fourth-order valence-corrected chi connectivity index (χ4v) is 5.30. The van der Waals surface area contributed by atoms with Crippen molar-refractivity contribution in [3.8, 4) is 5.75 Å². The summed E-state index contributed by atoms with van der Waals surface area (Å²) in [6.07, 6.45) is 0. The first-order valence-electron chi connectivity index (χ1n) is 9.22. The Morgan fingerprint density at radius 2 is 1.82 bits per heavy atom.